The average molecular weight is 230 g/mol. The van der Waals surface area contributed by atoms with Crippen molar-refractivity contribution in [1.29, 1.82) is 0 Å². The van der Waals surface area contributed by atoms with Gasteiger partial charge < -0.3 is 9.67 Å². The summed E-state index contributed by atoms with van der Waals surface area (Å²) in [6.07, 6.45) is 2.53. The number of fused-ring (bicyclic) bond motifs is 1. The highest BCUT2D eigenvalue weighted by Gasteiger charge is 2.43. The molecule has 1 unspecified atom stereocenters. The Bertz CT molecular complexity index is 334. The number of aryl methyl sites for hydroxylation is 1. The first-order chi connectivity index (χ1) is 5.64. The number of nitrogens with zero attached hydrogens (tertiary/aromatic N) is 1. The van der Waals surface area contributed by atoms with E-state index in [9.17, 15) is 4.79 Å². The third-order valence-corrected chi connectivity index (χ3v) is 3.41. The molecule has 3 nitrogen and oxygen atoms in total. The molecular formula is C8H8BrNO2. The van der Waals surface area contributed by atoms with Crippen molar-refractivity contribution in [3.05, 3.63) is 24.0 Å². The number of carbonyl (C=O) groups is 1. The molecule has 0 bridgehead atoms. The maximum Gasteiger partial charge on any atom is 0.326 e. The van der Waals surface area contributed by atoms with Gasteiger partial charge in [-0.1, -0.05) is 15.9 Å². The van der Waals surface area contributed by atoms with E-state index in [1.54, 1.807) is 0 Å². The molecule has 2 heterocycles. The number of rotatable bonds is 1. The molecule has 0 spiro atoms. The number of hydrogen-bond donors (Lipinski definition) is 1. The van der Waals surface area contributed by atoms with E-state index >= 15 is 0 Å². The Morgan fingerprint density at radius 2 is 2.50 bits per heavy atom. The lowest BCUT2D eigenvalue weighted by Crippen LogP contribution is -2.25. The quantitative estimate of drug-likeness (QED) is 0.744. The van der Waals surface area contributed by atoms with Crippen LogP contribution >= 0.6 is 15.9 Å². The zero-order valence-corrected chi connectivity index (χ0v) is 7.91. The van der Waals surface area contributed by atoms with Crippen molar-refractivity contribution in [3.8, 4) is 0 Å². The first-order valence-corrected chi connectivity index (χ1v) is 4.52. The second-order valence-electron chi connectivity index (χ2n) is 2.94. The van der Waals surface area contributed by atoms with Gasteiger partial charge in [0.1, 0.15) is 0 Å². The van der Waals surface area contributed by atoms with Crippen LogP contribution < -0.4 is 0 Å². The minimum atomic E-state index is -0.851. The van der Waals surface area contributed by atoms with Gasteiger partial charge in [0.25, 0.3) is 0 Å². The van der Waals surface area contributed by atoms with Crippen molar-refractivity contribution in [3.63, 3.8) is 0 Å². The molecule has 1 aliphatic rings. The second-order valence-corrected chi connectivity index (χ2v) is 4.30. The highest BCUT2D eigenvalue weighted by Crippen LogP contribution is 2.40. The summed E-state index contributed by atoms with van der Waals surface area (Å²) in [7, 11) is 0. The number of aliphatic carboxylic acids is 1. The average Bonchev–Trinajstić information content (AvgIpc) is 2.54. The Hall–Kier alpha value is -0.770. The van der Waals surface area contributed by atoms with E-state index in [4.69, 9.17) is 5.11 Å². The minimum absolute atomic E-state index is 0.624. The van der Waals surface area contributed by atoms with Gasteiger partial charge in [0.15, 0.2) is 4.32 Å². The van der Waals surface area contributed by atoms with Gasteiger partial charge in [-0.25, -0.2) is 0 Å². The number of alkyl halides is 1. The number of carboxylic acid groups (broad SMARTS) is 1. The lowest BCUT2D eigenvalue weighted by molar-refractivity contribution is -0.139. The van der Waals surface area contributed by atoms with E-state index in [2.05, 4.69) is 15.9 Å². The van der Waals surface area contributed by atoms with Gasteiger partial charge in [0.05, 0.1) is 0 Å². The lowest BCUT2D eigenvalue weighted by Gasteiger charge is -2.14. The SMILES string of the molecule is O=C(O)C1(Br)CCn2cccc21. The van der Waals surface area contributed by atoms with Crippen molar-refractivity contribution >= 4 is 21.9 Å². The van der Waals surface area contributed by atoms with Crippen molar-refractivity contribution in [2.24, 2.45) is 0 Å². The van der Waals surface area contributed by atoms with Crippen LogP contribution in [0.1, 0.15) is 12.1 Å². The largest absolute Gasteiger partial charge is 0.480 e. The van der Waals surface area contributed by atoms with Crippen LogP contribution in [-0.4, -0.2) is 15.6 Å². The van der Waals surface area contributed by atoms with E-state index in [0.29, 0.717) is 6.42 Å². The minimum Gasteiger partial charge on any atom is -0.480 e. The molecule has 0 radical (unpaired) electrons. The van der Waals surface area contributed by atoms with Crippen LogP contribution in [0.5, 0.6) is 0 Å². The molecule has 0 amide bonds. The molecule has 0 fully saturated rings. The van der Waals surface area contributed by atoms with Gasteiger partial charge in [-0.2, -0.15) is 0 Å². The highest BCUT2D eigenvalue weighted by molar-refractivity contribution is 9.10. The molecule has 0 saturated heterocycles. The molecule has 1 atom stereocenters. The summed E-state index contributed by atoms with van der Waals surface area (Å²) in [5.74, 6) is -0.806. The second kappa shape index (κ2) is 2.36. The molecule has 4 heteroatoms. The molecule has 1 aliphatic heterocycles. The lowest BCUT2D eigenvalue weighted by atomic mass is 10.1. The number of aromatic nitrogens is 1. The molecule has 2 rings (SSSR count). The molecule has 1 aromatic heterocycles. The van der Waals surface area contributed by atoms with Crippen molar-refractivity contribution < 1.29 is 9.90 Å². The zero-order valence-electron chi connectivity index (χ0n) is 6.33. The van der Waals surface area contributed by atoms with Crippen molar-refractivity contribution in [2.75, 3.05) is 0 Å². The van der Waals surface area contributed by atoms with Crippen molar-refractivity contribution in [1.82, 2.24) is 4.57 Å². The Kier molecular flexibility index (Phi) is 1.54. The van der Waals surface area contributed by atoms with E-state index in [0.717, 1.165) is 12.2 Å². The molecule has 1 N–H and O–H groups in total. The van der Waals surface area contributed by atoms with Gasteiger partial charge in [0.2, 0.25) is 0 Å². The fourth-order valence-electron chi connectivity index (χ4n) is 1.59. The van der Waals surface area contributed by atoms with Crippen LogP contribution in [0.4, 0.5) is 0 Å². The van der Waals surface area contributed by atoms with Crippen LogP contribution in [0.25, 0.3) is 0 Å². The van der Waals surface area contributed by atoms with Crippen LogP contribution in [0.3, 0.4) is 0 Å². The van der Waals surface area contributed by atoms with E-state index in [1.807, 2.05) is 22.9 Å². The summed E-state index contributed by atoms with van der Waals surface area (Å²) in [6.45, 7) is 0.778. The van der Waals surface area contributed by atoms with Gasteiger partial charge in [0, 0.05) is 18.4 Å². The summed E-state index contributed by atoms with van der Waals surface area (Å²) >= 11 is 3.27. The monoisotopic (exact) mass is 229 g/mol. The van der Waals surface area contributed by atoms with Gasteiger partial charge in [-0.3, -0.25) is 4.79 Å². The van der Waals surface area contributed by atoms with E-state index in [-0.39, 0.29) is 0 Å². The van der Waals surface area contributed by atoms with Gasteiger partial charge >= 0.3 is 5.97 Å². The predicted octanol–water partition coefficient (Wildman–Crippen LogP) is 1.57. The Labute approximate surface area is 78.1 Å². The highest BCUT2D eigenvalue weighted by atomic mass is 79.9. The Morgan fingerprint density at radius 1 is 1.75 bits per heavy atom. The maximum absolute atomic E-state index is 10.9. The zero-order chi connectivity index (χ0) is 8.77. The van der Waals surface area contributed by atoms with E-state index < -0.39 is 10.3 Å². The summed E-state index contributed by atoms with van der Waals surface area (Å²) in [5.41, 5.74) is 0.843. The van der Waals surface area contributed by atoms with Crippen LogP contribution in [0.15, 0.2) is 18.3 Å². The third kappa shape index (κ3) is 0.843. The Morgan fingerprint density at radius 3 is 3.17 bits per heavy atom. The molecule has 0 aromatic carbocycles. The molecule has 0 saturated carbocycles. The fraction of sp³-hybridized carbons (Fsp3) is 0.375. The number of carboxylic acids is 1. The maximum atomic E-state index is 10.9. The molecule has 0 aliphatic carbocycles. The smallest absolute Gasteiger partial charge is 0.326 e. The first kappa shape index (κ1) is 7.86. The third-order valence-electron chi connectivity index (χ3n) is 2.27. The summed E-state index contributed by atoms with van der Waals surface area (Å²) in [4.78, 5) is 10.9. The van der Waals surface area contributed by atoms with Crippen LogP contribution in [0, 0.1) is 0 Å². The molecule has 1 aromatic rings. The summed E-state index contributed by atoms with van der Waals surface area (Å²) in [5, 5.41) is 8.98. The fourth-order valence-corrected chi connectivity index (χ4v) is 2.13. The number of halogens is 1. The summed E-state index contributed by atoms with van der Waals surface area (Å²) < 4.78 is 1.11. The molecule has 12 heavy (non-hydrogen) atoms. The van der Waals surface area contributed by atoms with Crippen LogP contribution in [-0.2, 0) is 15.7 Å². The normalized spacial score (nSPS) is 27.1. The molecular weight excluding hydrogens is 222 g/mol. The van der Waals surface area contributed by atoms with Crippen molar-refractivity contribution in [2.45, 2.75) is 17.3 Å². The number of hydrogen-bond acceptors (Lipinski definition) is 1. The van der Waals surface area contributed by atoms with Crippen LogP contribution in [0.2, 0.25) is 0 Å². The van der Waals surface area contributed by atoms with E-state index in [1.165, 1.54) is 0 Å². The standard InChI is InChI=1S/C8H8BrNO2/c9-8(7(11)12)3-5-10-4-1-2-6(8)10/h1-2,4H,3,5H2,(H,11,12). The Balaban J connectivity index is 2.51. The molecule has 64 valence electrons. The predicted molar refractivity (Wildman–Crippen MR) is 47.3 cm³/mol. The van der Waals surface area contributed by atoms with Gasteiger partial charge in [-0.15, -0.1) is 0 Å². The first-order valence-electron chi connectivity index (χ1n) is 3.72. The summed E-state index contributed by atoms with van der Waals surface area (Å²) in [6, 6.07) is 3.71. The topological polar surface area (TPSA) is 42.2 Å². The van der Waals surface area contributed by atoms with Gasteiger partial charge in [-0.05, 0) is 18.6 Å².